The lowest BCUT2D eigenvalue weighted by molar-refractivity contribution is 0.290. The number of aryl methyl sites for hydroxylation is 1. The molecule has 3 aromatic carbocycles. The Hall–Kier alpha value is -3.26. The summed E-state index contributed by atoms with van der Waals surface area (Å²) in [5.74, 6) is 0. The highest BCUT2D eigenvalue weighted by Gasteiger charge is 2.17. The molecule has 0 fully saturated rings. The maximum atomic E-state index is 4.15. The molecule has 27 heavy (non-hydrogen) atoms. The molecule has 1 N–H and O–H groups in total. The van der Waals surface area contributed by atoms with Crippen LogP contribution in [0.25, 0.3) is 21.9 Å². The highest BCUT2D eigenvalue weighted by atomic mass is 15.2. The van der Waals surface area contributed by atoms with Crippen molar-refractivity contribution >= 4 is 10.8 Å². The average molecular weight is 352 g/mol. The number of allylic oxidation sites excluding steroid dienone is 3. The van der Waals surface area contributed by atoms with Gasteiger partial charge >= 0.3 is 0 Å². The molecule has 0 aliphatic carbocycles. The summed E-state index contributed by atoms with van der Waals surface area (Å²) in [6.45, 7) is 6.31. The first kappa shape index (κ1) is 17.2. The Bertz CT molecular complexity index is 1040. The molecular weight excluding hydrogens is 328 g/mol. The fraction of sp³-hybridized carbons (Fsp3) is 0.120. The van der Waals surface area contributed by atoms with Gasteiger partial charge in [-0.2, -0.15) is 0 Å². The van der Waals surface area contributed by atoms with E-state index in [0.29, 0.717) is 0 Å². The Labute approximate surface area is 161 Å². The van der Waals surface area contributed by atoms with E-state index in [4.69, 9.17) is 0 Å². The third kappa shape index (κ3) is 3.26. The molecule has 1 atom stereocenters. The largest absolute Gasteiger partial charge is 0.368 e. The molecule has 0 radical (unpaired) electrons. The minimum Gasteiger partial charge on any atom is -0.368 e. The summed E-state index contributed by atoms with van der Waals surface area (Å²) in [4.78, 5) is 2.15. The second-order valence-electron chi connectivity index (χ2n) is 6.99. The van der Waals surface area contributed by atoms with Gasteiger partial charge in [-0.1, -0.05) is 73.3 Å². The van der Waals surface area contributed by atoms with Gasteiger partial charge in [0.25, 0.3) is 0 Å². The fourth-order valence-electron chi connectivity index (χ4n) is 3.65. The Morgan fingerprint density at radius 2 is 1.63 bits per heavy atom. The monoisotopic (exact) mass is 352 g/mol. The Balaban J connectivity index is 1.71. The molecule has 4 rings (SSSR count). The lowest BCUT2D eigenvalue weighted by Gasteiger charge is -2.31. The molecule has 0 saturated heterocycles. The van der Waals surface area contributed by atoms with Crippen molar-refractivity contribution in [1.82, 2.24) is 10.2 Å². The van der Waals surface area contributed by atoms with Crippen LogP contribution in [0, 0.1) is 6.92 Å². The first-order valence-corrected chi connectivity index (χ1v) is 9.25. The van der Waals surface area contributed by atoms with E-state index in [2.05, 4.69) is 91.4 Å². The maximum absolute atomic E-state index is 4.15. The van der Waals surface area contributed by atoms with Crippen molar-refractivity contribution in [2.24, 2.45) is 0 Å². The summed E-state index contributed by atoms with van der Waals surface area (Å²) < 4.78 is 0. The molecule has 0 spiro atoms. The normalized spacial score (nSPS) is 19.3. The van der Waals surface area contributed by atoms with Gasteiger partial charge in [0.1, 0.15) is 6.17 Å². The van der Waals surface area contributed by atoms with E-state index < -0.39 is 0 Å². The van der Waals surface area contributed by atoms with Crippen LogP contribution in [-0.4, -0.2) is 11.9 Å². The van der Waals surface area contributed by atoms with Gasteiger partial charge in [-0.05, 0) is 58.3 Å². The van der Waals surface area contributed by atoms with Crippen LogP contribution in [-0.2, 0) is 0 Å². The van der Waals surface area contributed by atoms with Gasteiger partial charge in [0.15, 0.2) is 0 Å². The lowest BCUT2D eigenvalue weighted by Crippen LogP contribution is -2.32. The smallest absolute Gasteiger partial charge is 0.125 e. The van der Waals surface area contributed by atoms with E-state index in [1.807, 2.05) is 24.4 Å². The second kappa shape index (κ2) is 7.16. The number of rotatable bonds is 2. The van der Waals surface area contributed by atoms with E-state index in [-0.39, 0.29) is 6.17 Å². The van der Waals surface area contributed by atoms with E-state index in [1.54, 1.807) is 0 Å². The highest BCUT2D eigenvalue weighted by molar-refractivity contribution is 5.98. The van der Waals surface area contributed by atoms with Crippen molar-refractivity contribution in [2.45, 2.75) is 13.1 Å². The van der Waals surface area contributed by atoms with Gasteiger partial charge in [-0.15, -0.1) is 0 Å². The van der Waals surface area contributed by atoms with Crippen LogP contribution in [0.4, 0.5) is 0 Å². The van der Waals surface area contributed by atoms with E-state index >= 15 is 0 Å². The van der Waals surface area contributed by atoms with Crippen molar-refractivity contribution in [3.05, 3.63) is 108 Å². The van der Waals surface area contributed by atoms with Crippen LogP contribution in [0.1, 0.15) is 17.3 Å². The standard InChI is InChI=1S/C25H24N2/c1-18-8-6-12-24-22(18)10-7-11-23(24)20-13-15-21(16-14-20)25-26-17-5-4-9-19(2)27(25)3/h4-17,25-26H,2H2,1,3H3/b9-4-,17-5-. The summed E-state index contributed by atoms with van der Waals surface area (Å²) in [7, 11) is 2.06. The molecular formula is C25H24N2. The van der Waals surface area contributed by atoms with Crippen molar-refractivity contribution in [2.75, 3.05) is 7.05 Å². The molecule has 2 nitrogen and oxygen atoms in total. The Kier molecular flexibility index (Phi) is 4.55. The number of hydrogen-bond acceptors (Lipinski definition) is 2. The zero-order valence-corrected chi connectivity index (χ0v) is 15.8. The molecule has 1 aliphatic heterocycles. The summed E-state index contributed by atoms with van der Waals surface area (Å²) in [6.07, 6.45) is 8.05. The number of nitrogens with one attached hydrogen (secondary N) is 1. The second-order valence-corrected chi connectivity index (χ2v) is 6.99. The van der Waals surface area contributed by atoms with Gasteiger partial charge in [-0.3, -0.25) is 0 Å². The summed E-state index contributed by atoms with van der Waals surface area (Å²) in [6, 6.07) is 21.9. The molecule has 0 amide bonds. The molecule has 1 aliphatic rings. The minimum atomic E-state index is 0.0579. The molecule has 1 unspecified atom stereocenters. The summed E-state index contributed by atoms with van der Waals surface area (Å²) >= 11 is 0. The SMILES string of the molecule is C=C1/C=C\C=C/NC(c2ccc(-c3cccc4c(C)cccc34)cc2)N1C. The zero-order chi connectivity index (χ0) is 18.8. The first-order valence-electron chi connectivity index (χ1n) is 9.25. The van der Waals surface area contributed by atoms with Crippen molar-refractivity contribution < 1.29 is 0 Å². The van der Waals surface area contributed by atoms with Gasteiger partial charge in [0.2, 0.25) is 0 Å². The van der Waals surface area contributed by atoms with E-state index in [0.717, 1.165) is 5.70 Å². The van der Waals surface area contributed by atoms with Crippen LogP contribution in [0.3, 0.4) is 0 Å². The quantitative estimate of drug-likeness (QED) is 0.615. The average Bonchev–Trinajstić information content (AvgIpc) is 2.69. The van der Waals surface area contributed by atoms with Gasteiger partial charge in [0, 0.05) is 12.7 Å². The molecule has 2 heteroatoms. The van der Waals surface area contributed by atoms with Crippen LogP contribution in [0.5, 0.6) is 0 Å². The van der Waals surface area contributed by atoms with Crippen LogP contribution in [0.2, 0.25) is 0 Å². The predicted molar refractivity (Wildman–Crippen MR) is 115 cm³/mol. The fourth-order valence-corrected chi connectivity index (χ4v) is 3.65. The zero-order valence-electron chi connectivity index (χ0n) is 15.8. The summed E-state index contributed by atoms with van der Waals surface area (Å²) in [5.41, 5.74) is 6.00. The lowest BCUT2D eigenvalue weighted by atomic mass is 9.95. The third-order valence-corrected chi connectivity index (χ3v) is 5.27. The summed E-state index contributed by atoms with van der Waals surface area (Å²) in [5, 5.41) is 6.06. The van der Waals surface area contributed by atoms with Gasteiger partial charge in [0.05, 0.1) is 0 Å². The van der Waals surface area contributed by atoms with Crippen molar-refractivity contribution in [3.63, 3.8) is 0 Å². The van der Waals surface area contributed by atoms with Gasteiger partial charge in [-0.25, -0.2) is 0 Å². The molecule has 134 valence electrons. The number of likely N-dealkylation sites (N-methyl/N-ethyl adjacent to an activating group) is 1. The molecule has 0 saturated carbocycles. The predicted octanol–water partition coefficient (Wildman–Crippen LogP) is 5.93. The van der Waals surface area contributed by atoms with Crippen molar-refractivity contribution in [1.29, 1.82) is 0 Å². The topological polar surface area (TPSA) is 15.3 Å². The Morgan fingerprint density at radius 3 is 2.44 bits per heavy atom. The number of hydrogen-bond donors (Lipinski definition) is 1. The van der Waals surface area contributed by atoms with Gasteiger partial charge < -0.3 is 10.2 Å². The van der Waals surface area contributed by atoms with Crippen LogP contribution in [0.15, 0.2) is 97.4 Å². The van der Waals surface area contributed by atoms with E-state index in [1.165, 1.54) is 33.0 Å². The van der Waals surface area contributed by atoms with Crippen LogP contribution < -0.4 is 5.32 Å². The number of nitrogens with zero attached hydrogens (tertiary/aromatic N) is 1. The number of fused-ring (bicyclic) bond motifs is 1. The molecule has 0 aromatic heterocycles. The molecule has 0 bridgehead atoms. The molecule has 1 heterocycles. The minimum absolute atomic E-state index is 0.0579. The Morgan fingerprint density at radius 1 is 0.889 bits per heavy atom. The van der Waals surface area contributed by atoms with Crippen LogP contribution >= 0.6 is 0 Å². The highest BCUT2D eigenvalue weighted by Crippen LogP contribution is 2.31. The molecule has 3 aromatic rings. The third-order valence-electron chi connectivity index (χ3n) is 5.27. The number of benzene rings is 3. The van der Waals surface area contributed by atoms with E-state index in [9.17, 15) is 0 Å². The van der Waals surface area contributed by atoms with Crippen molar-refractivity contribution in [3.8, 4) is 11.1 Å². The first-order chi connectivity index (χ1) is 13.1. The maximum Gasteiger partial charge on any atom is 0.125 e.